The predicted octanol–water partition coefficient (Wildman–Crippen LogP) is 1.78. The van der Waals surface area contributed by atoms with Crippen molar-refractivity contribution in [3.05, 3.63) is 52.9 Å². The van der Waals surface area contributed by atoms with Crippen molar-refractivity contribution in [3.8, 4) is 11.5 Å². The van der Waals surface area contributed by atoms with Crippen LogP contribution in [-0.4, -0.2) is 15.0 Å². The van der Waals surface area contributed by atoms with Crippen LogP contribution in [0.1, 0.15) is 0 Å². The number of hydrogen-bond acceptors (Lipinski definition) is 5. The molecule has 0 unspecified atom stereocenters. The second-order valence-electron chi connectivity index (χ2n) is 3.51. The molecule has 0 aliphatic carbocycles. The summed E-state index contributed by atoms with van der Waals surface area (Å²) in [7, 11) is 0. The van der Waals surface area contributed by atoms with E-state index in [4.69, 9.17) is 4.42 Å². The average molecular weight is 243 g/mol. The Bertz CT molecular complexity index is 785. The molecule has 6 heteroatoms. The van der Waals surface area contributed by atoms with E-state index < -0.39 is 11.4 Å². The highest BCUT2D eigenvalue weighted by Crippen LogP contribution is 2.19. The summed E-state index contributed by atoms with van der Waals surface area (Å²) in [5.74, 6) is -0.623. The molecule has 0 saturated carbocycles. The Balaban J connectivity index is 2.32. The van der Waals surface area contributed by atoms with E-state index in [2.05, 4.69) is 15.0 Å². The van der Waals surface area contributed by atoms with Crippen molar-refractivity contribution >= 4 is 11.2 Å². The van der Waals surface area contributed by atoms with Gasteiger partial charge in [-0.25, -0.2) is 19.2 Å². The molecule has 0 N–H and O–H groups in total. The molecule has 3 aromatic rings. The molecular weight excluding hydrogens is 237 g/mol. The second kappa shape index (κ2) is 3.99. The maximum atomic E-state index is 13.6. The minimum atomic E-state index is -0.689. The molecule has 2 aromatic heterocycles. The maximum Gasteiger partial charge on any atom is 0.367 e. The highest BCUT2D eigenvalue weighted by Gasteiger charge is 2.12. The molecule has 0 atom stereocenters. The van der Waals surface area contributed by atoms with E-state index in [0.717, 1.165) is 0 Å². The van der Waals surface area contributed by atoms with Crippen LogP contribution in [0.3, 0.4) is 0 Å². The lowest BCUT2D eigenvalue weighted by Gasteiger charge is -2.01. The van der Waals surface area contributed by atoms with E-state index in [-0.39, 0.29) is 22.6 Å². The maximum absolute atomic E-state index is 13.6. The summed E-state index contributed by atoms with van der Waals surface area (Å²) in [6.45, 7) is 0. The third kappa shape index (κ3) is 1.64. The zero-order valence-electron chi connectivity index (χ0n) is 9.00. The number of rotatable bonds is 1. The lowest BCUT2D eigenvalue weighted by molar-refractivity contribution is 0.509. The zero-order chi connectivity index (χ0) is 12.5. The lowest BCUT2D eigenvalue weighted by atomic mass is 10.2. The van der Waals surface area contributed by atoms with Gasteiger partial charge >= 0.3 is 5.63 Å². The summed E-state index contributed by atoms with van der Waals surface area (Å²) in [5.41, 5.74) is -0.418. The Morgan fingerprint density at radius 1 is 1.11 bits per heavy atom. The first kappa shape index (κ1) is 10.5. The summed E-state index contributed by atoms with van der Waals surface area (Å²) < 4.78 is 18.5. The fourth-order valence-corrected chi connectivity index (χ4v) is 1.56. The molecule has 0 radical (unpaired) electrons. The van der Waals surface area contributed by atoms with Crippen molar-refractivity contribution in [2.75, 3.05) is 0 Å². The summed E-state index contributed by atoms with van der Waals surface area (Å²) >= 11 is 0. The molecule has 88 valence electrons. The van der Waals surface area contributed by atoms with E-state index >= 15 is 0 Å². The predicted molar refractivity (Wildman–Crippen MR) is 61.3 cm³/mol. The zero-order valence-corrected chi connectivity index (χ0v) is 9.00. The van der Waals surface area contributed by atoms with Crippen molar-refractivity contribution in [3.63, 3.8) is 0 Å². The monoisotopic (exact) mass is 243 g/mol. The van der Waals surface area contributed by atoms with Crippen molar-refractivity contribution < 1.29 is 8.81 Å². The number of fused-ring (bicyclic) bond motifs is 1. The van der Waals surface area contributed by atoms with E-state index in [1.54, 1.807) is 6.07 Å². The minimum absolute atomic E-state index is 0.0255. The van der Waals surface area contributed by atoms with Gasteiger partial charge < -0.3 is 4.42 Å². The Labute approximate surface area is 100.0 Å². The van der Waals surface area contributed by atoms with E-state index in [9.17, 15) is 9.18 Å². The molecule has 0 spiro atoms. The third-order valence-corrected chi connectivity index (χ3v) is 2.37. The fraction of sp³-hybridized carbons (Fsp3) is 0. The van der Waals surface area contributed by atoms with Gasteiger partial charge in [-0.05, 0) is 12.1 Å². The molecule has 0 saturated heterocycles. The van der Waals surface area contributed by atoms with Gasteiger partial charge in [0.2, 0.25) is 5.89 Å². The van der Waals surface area contributed by atoms with Gasteiger partial charge in [0.15, 0.2) is 11.2 Å². The molecule has 0 aliphatic rings. The molecule has 2 heterocycles. The number of nitrogens with zero attached hydrogens (tertiary/aromatic N) is 3. The number of benzene rings is 1. The summed E-state index contributed by atoms with van der Waals surface area (Å²) in [6, 6.07) is 5.90. The van der Waals surface area contributed by atoms with E-state index in [0.29, 0.717) is 0 Å². The fourth-order valence-electron chi connectivity index (χ4n) is 1.56. The quantitative estimate of drug-likeness (QED) is 0.651. The molecular formula is C12H6FN3O2. The molecule has 18 heavy (non-hydrogen) atoms. The van der Waals surface area contributed by atoms with Gasteiger partial charge in [-0.1, -0.05) is 12.1 Å². The normalized spacial score (nSPS) is 10.7. The van der Waals surface area contributed by atoms with Crippen LogP contribution in [0.4, 0.5) is 4.39 Å². The van der Waals surface area contributed by atoms with Gasteiger partial charge in [0.05, 0.1) is 5.56 Å². The van der Waals surface area contributed by atoms with Crippen molar-refractivity contribution in [1.29, 1.82) is 0 Å². The second-order valence-corrected chi connectivity index (χ2v) is 3.51. The first-order valence-electron chi connectivity index (χ1n) is 5.12. The molecule has 5 nitrogen and oxygen atoms in total. The van der Waals surface area contributed by atoms with Gasteiger partial charge in [-0.3, -0.25) is 0 Å². The van der Waals surface area contributed by atoms with Gasteiger partial charge in [-0.15, -0.1) is 0 Å². The van der Waals surface area contributed by atoms with Crippen LogP contribution in [-0.2, 0) is 0 Å². The summed E-state index contributed by atoms with van der Waals surface area (Å²) in [4.78, 5) is 23.4. The Hall–Kier alpha value is -2.63. The highest BCUT2D eigenvalue weighted by atomic mass is 19.1. The topological polar surface area (TPSA) is 68.9 Å². The number of hydrogen-bond donors (Lipinski definition) is 0. The molecule has 0 aliphatic heterocycles. The first-order chi connectivity index (χ1) is 8.75. The van der Waals surface area contributed by atoms with Crippen LogP contribution in [0.5, 0.6) is 0 Å². The summed E-state index contributed by atoms with van der Waals surface area (Å²) in [5, 5.41) is 0. The van der Waals surface area contributed by atoms with Crippen LogP contribution in [0, 0.1) is 5.82 Å². The van der Waals surface area contributed by atoms with E-state index in [1.165, 1.54) is 30.6 Å². The molecule has 3 rings (SSSR count). The molecule has 0 amide bonds. The third-order valence-electron chi connectivity index (χ3n) is 2.37. The Morgan fingerprint density at radius 3 is 2.72 bits per heavy atom. The first-order valence-corrected chi connectivity index (χ1v) is 5.12. The van der Waals surface area contributed by atoms with Gasteiger partial charge in [0, 0.05) is 12.4 Å². The molecule has 0 fully saturated rings. The number of halogens is 1. The van der Waals surface area contributed by atoms with E-state index in [1.807, 2.05) is 0 Å². The Morgan fingerprint density at radius 2 is 1.89 bits per heavy atom. The number of aromatic nitrogens is 3. The largest absolute Gasteiger partial charge is 0.402 e. The van der Waals surface area contributed by atoms with Gasteiger partial charge in [0.1, 0.15) is 5.82 Å². The van der Waals surface area contributed by atoms with Crippen molar-refractivity contribution in [2.45, 2.75) is 0 Å². The van der Waals surface area contributed by atoms with Crippen LogP contribution in [0.25, 0.3) is 22.6 Å². The smallest absolute Gasteiger partial charge is 0.367 e. The van der Waals surface area contributed by atoms with Crippen LogP contribution in [0.2, 0.25) is 0 Å². The van der Waals surface area contributed by atoms with Crippen molar-refractivity contribution in [1.82, 2.24) is 15.0 Å². The van der Waals surface area contributed by atoms with Gasteiger partial charge in [0.25, 0.3) is 0 Å². The van der Waals surface area contributed by atoms with Crippen LogP contribution in [0.15, 0.2) is 45.9 Å². The summed E-state index contributed by atoms with van der Waals surface area (Å²) in [6.07, 6.45) is 2.77. The van der Waals surface area contributed by atoms with Crippen LogP contribution >= 0.6 is 0 Å². The molecule has 1 aromatic carbocycles. The van der Waals surface area contributed by atoms with Crippen molar-refractivity contribution in [2.24, 2.45) is 0 Å². The SMILES string of the molecule is O=c1oc(-c2ccccc2F)nc2nccnc12. The Kier molecular flexibility index (Phi) is 2.33. The standard InChI is InChI=1S/C12H6FN3O2/c13-8-4-2-1-3-7(8)11-16-10-9(12(17)18-11)14-5-6-15-10/h1-6H. The van der Waals surface area contributed by atoms with Gasteiger partial charge in [-0.2, -0.15) is 4.98 Å². The van der Waals surface area contributed by atoms with Crippen LogP contribution < -0.4 is 5.63 Å². The highest BCUT2D eigenvalue weighted by molar-refractivity contribution is 5.69. The average Bonchev–Trinajstić information content (AvgIpc) is 2.39. The lowest BCUT2D eigenvalue weighted by Crippen LogP contribution is -2.06. The minimum Gasteiger partial charge on any atom is -0.402 e. The molecule has 0 bridgehead atoms.